The standard InChI is InChI=1S/C14H18ClFN2O2/c1-20-14(19)10-18-6-4-17(5-7-18)9-11-2-3-12(16)8-13(11)15/h2-3,8H,4-7,9-10H2,1H3. The summed E-state index contributed by atoms with van der Waals surface area (Å²) in [5.41, 5.74) is 0.925. The molecule has 1 aliphatic heterocycles. The lowest BCUT2D eigenvalue weighted by Gasteiger charge is -2.34. The molecule has 1 aromatic carbocycles. The van der Waals surface area contributed by atoms with E-state index in [1.54, 1.807) is 6.07 Å². The molecule has 110 valence electrons. The Morgan fingerprint density at radius 1 is 1.30 bits per heavy atom. The minimum absolute atomic E-state index is 0.208. The number of halogens is 2. The van der Waals surface area contributed by atoms with Crippen molar-refractivity contribution in [2.24, 2.45) is 0 Å². The molecule has 0 radical (unpaired) electrons. The summed E-state index contributed by atoms with van der Waals surface area (Å²) in [5.74, 6) is -0.526. The Kier molecular flexibility index (Phi) is 5.34. The smallest absolute Gasteiger partial charge is 0.319 e. The molecule has 0 bridgehead atoms. The van der Waals surface area contributed by atoms with Crippen LogP contribution in [0.3, 0.4) is 0 Å². The zero-order valence-corrected chi connectivity index (χ0v) is 12.2. The van der Waals surface area contributed by atoms with Crippen molar-refractivity contribution in [3.8, 4) is 0 Å². The fourth-order valence-electron chi connectivity index (χ4n) is 2.24. The highest BCUT2D eigenvalue weighted by molar-refractivity contribution is 6.31. The maximum atomic E-state index is 13.0. The van der Waals surface area contributed by atoms with Crippen molar-refractivity contribution in [3.05, 3.63) is 34.6 Å². The molecule has 0 saturated carbocycles. The van der Waals surface area contributed by atoms with E-state index < -0.39 is 0 Å². The molecule has 0 aromatic heterocycles. The van der Waals surface area contributed by atoms with Gasteiger partial charge in [-0.15, -0.1) is 0 Å². The number of carbonyl (C=O) groups excluding carboxylic acids is 1. The van der Waals surface area contributed by atoms with E-state index in [4.69, 9.17) is 11.6 Å². The Morgan fingerprint density at radius 2 is 1.95 bits per heavy atom. The lowest BCUT2D eigenvalue weighted by molar-refractivity contribution is -0.142. The van der Waals surface area contributed by atoms with Gasteiger partial charge in [-0.05, 0) is 17.7 Å². The summed E-state index contributed by atoms with van der Waals surface area (Å²) in [4.78, 5) is 15.5. The number of esters is 1. The number of piperazine rings is 1. The average molecular weight is 301 g/mol. The molecular formula is C14H18ClFN2O2. The quantitative estimate of drug-likeness (QED) is 0.794. The summed E-state index contributed by atoms with van der Waals surface area (Å²) in [5, 5.41) is 0.460. The summed E-state index contributed by atoms with van der Waals surface area (Å²) < 4.78 is 17.6. The molecule has 0 unspecified atom stereocenters. The third-order valence-electron chi connectivity index (χ3n) is 3.45. The summed E-state index contributed by atoms with van der Waals surface area (Å²) in [6.07, 6.45) is 0. The van der Waals surface area contributed by atoms with Crippen LogP contribution in [-0.2, 0) is 16.1 Å². The second kappa shape index (κ2) is 7.02. The first-order valence-corrected chi connectivity index (χ1v) is 6.91. The Bertz CT molecular complexity index is 476. The molecule has 1 fully saturated rings. The monoisotopic (exact) mass is 300 g/mol. The number of rotatable bonds is 4. The molecule has 0 N–H and O–H groups in total. The highest BCUT2D eigenvalue weighted by atomic mass is 35.5. The van der Waals surface area contributed by atoms with Crippen molar-refractivity contribution >= 4 is 17.6 Å². The molecular weight excluding hydrogens is 283 g/mol. The van der Waals surface area contributed by atoms with Gasteiger partial charge in [0.05, 0.1) is 13.7 Å². The van der Waals surface area contributed by atoms with E-state index in [2.05, 4.69) is 14.5 Å². The van der Waals surface area contributed by atoms with Crippen molar-refractivity contribution in [1.29, 1.82) is 0 Å². The molecule has 20 heavy (non-hydrogen) atoms. The Balaban J connectivity index is 1.83. The largest absolute Gasteiger partial charge is 0.468 e. The third kappa shape index (κ3) is 4.16. The van der Waals surface area contributed by atoms with Crippen LogP contribution in [0.2, 0.25) is 5.02 Å². The first kappa shape index (κ1) is 15.2. The molecule has 1 aromatic rings. The van der Waals surface area contributed by atoms with Gasteiger partial charge in [0.1, 0.15) is 5.82 Å². The van der Waals surface area contributed by atoms with Crippen LogP contribution < -0.4 is 0 Å². The van der Waals surface area contributed by atoms with Crippen molar-refractivity contribution in [2.45, 2.75) is 6.54 Å². The van der Waals surface area contributed by atoms with Gasteiger partial charge in [-0.1, -0.05) is 17.7 Å². The molecule has 0 atom stereocenters. The molecule has 0 aliphatic carbocycles. The molecule has 1 heterocycles. The fourth-order valence-corrected chi connectivity index (χ4v) is 2.47. The van der Waals surface area contributed by atoms with Crippen LogP contribution in [0.15, 0.2) is 18.2 Å². The summed E-state index contributed by atoms with van der Waals surface area (Å²) in [6, 6.07) is 4.48. The van der Waals surface area contributed by atoms with Gasteiger partial charge in [0.25, 0.3) is 0 Å². The zero-order chi connectivity index (χ0) is 14.5. The zero-order valence-electron chi connectivity index (χ0n) is 11.4. The normalized spacial score (nSPS) is 17.1. The first-order chi connectivity index (χ1) is 9.58. The van der Waals surface area contributed by atoms with E-state index in [1.807, 2.05) is 0 Å². The number of hydrogen-bond donors (Lipinski definition) is 0. The van der Waals surface area contributed by atoms with Gasteiger partial charge in [0.2, 0.25) is 0 Å². The lowest BCUT2D eigenvalue weighted by Crippen LogP contribution is -2.47. The van der Waals surface area contributed by atoms with Crippen LogP contribution in [0.25, 0.3) is 0 Å². The number of methoxy groups -OCH3 is 1. The van der Waals surface area contributed by atoms with Crippen LogP contribution in [0.5, 0.6) is 0 Å². The van der Waals surface area contributed by atoms with Gasteiger partial charge in [-0.3, -0.25) is 14.6 Å². The molecule has 6 heteroatoms. The van der Waals surface area contributed by atoms with Gasteiger partial charge in [-0.2, -0.15) is 0 Å². The van der Waals surface area contributed by atoms with Gasteiger partial charge >= 0.3 is 5.97 Å². The van der Waals surface area contributed by atoms with Crippen LogP contribution in [0, 0.1) is 5.82 Å². The van der Waals surface area contributed by atoms with Crippen molar-refractivity contribution in [1.82, 2.24) is 9.80 Å². The second-order valence-electron chi connectivity index (χ2n) is 4.86. The van der Waals surface area contributed by atoms with Crippen LogP contribution in [0.1, 0.15) is 5.56 Å². The fraction of sp³-hybridized carbons (Fsp3) is 0.500. The first-order valence-electron chi connectivity index (χ1n) is 6.54. The number of carbonyl (C=O) groups is 1. The van der Waals surface area contributed by atoms with Gasteiger partial charge in [-0.25, -0.2) is 4.39 Å². The molecule has 0 spiro atoms. The van der Waals surface area contributed by atoms with Gasteiger partial charge in [0.15, 0.2) is 0 Å². The summed E-state index contributed by atoms with van der Waals surface area (Å²) in [6.45, 7) is 4.37. The minimum atomic E-state index is -0.318. The molecule has 4 nitrogen and oxygen atoms in total. The second-order valence-corrected chi connectivity index (χ2v) is 5.27. The van der Waals surface area contributed by atoms with Crippen molar-refractivity contribution < 1.29 is 13.9 Å². The number of nitrogens with zero attached hydrogens (tertiary/aromatic N) is 2. The van der Waals surface area contributed by atoms with Gasteiger partial charge < -0.3 is 4.74 Å². The Hall–Kier alpha value is -1.17. The maximum absolute atomic E-state index is 13.0. The van der Waals surface area contributed by atoms with E-state index in [-0.39, 0.29) is 11.8 Å². The Labute approximate surface area is 123 Å². The molecule has 1 saturated heterocycles. The van der Waals surface area contributed by atoms with Crippen LogP contribution in [0.4, 0.5) is 4.39 Å². The van der Waals surface area contributed by atoms with E-state index >= 15 is 0 Å². The van der Waals surface area contributed by atoms with E-state index in [1.165, 1.54) is 19.2 Å². The van der Waals surface area contributed by atoms with Crippen molar-refractivity contribution in [2.75, 3.05) is 39.8 Å². The van der Waals surface area contributed by atoms with E-state index in [9.17, 15) is 9.18 Å². The summed E-state index contributed by atoms with van der Waals surface area (Å²) >= 11 is 6.03. The average Bonchev–Trinajstić information content (AvgIpc) is 2.44. The van der Waals surface area contributed by atoms with Crippen LogP contribution in [-0.4, -0.2) is 55.6 Å². The molecule has 2 rings (SSSR count). The van der Waals surface area contributed by atoms with Crippen molar-refractivity contribution in [3.63, 3.8) is 0 Å². The number of benzene rings is 1. The topological polar surface area (TPSA) is 32.8 Å². The SMILES string of the molecule is COC(=O)CN1CCN(Cc2ccc(F)cc2Cl)CC1. The van der Waals surface area contributed by atoms with E-state index in [0.29, 0.717) is 18.1 Å². The maximum Gasteiger partial charge on any atom is 0.319 e. The summed E-state index contributed by atoms with van der Waals surface area (Å²) in [7, 11) is 1.40. The van der Waals surface area contributed by atoms with Gasteiger partial charge in [0, 0.05) is 37.7 Å². The predicted octanol–water partition coefficient (Wildman–Crippen LogP) is 1.77. The predicted molar refractivity (Wildman–Crippen MR) is 75.1 cm³/mol. The van der Waals surface area contributed by atoms with E-state index in [0.717, 1.165) is 31.7 Å². The highest BCUT2D eigenvalue weighted by Gasteiger charge is 2.19. The molecule has 0 amide bonds. The minimum Gasteiger partial charge on any atom is -0.468 e. The number of ether oxygens (including phenoxy) is 1. The highest BCUT2D eigenvalue weighted by Crippen LogP contribution is 2.19. The van der Waals surface area contributed by atoms with Crippen LogP contribution >= 0.6 is 11.6 Å². The number of hydrogen-bond acceptors (Lipinski definition) is 4. The Morgan fingerprint density at radius 3 is 2.55 bits per heavy atom. The molecule has 1 aliphatic rings. The lowest BCUT2D eigenvalue weighted by atomic mass is 10.2. The third-order valence-corrected chi connectivity index (χ3v) is 3.81.